The molecule has 0 saturated heterocycles. The van der Waals surface area contributed by atoms with E-state index >= 15 is 0 Å². The molecule has 0 bridgehead atoms. The summed E-state index contributed by atoms with van der Waals surface area (Å²) in [4.78, 5) is 0. The molecule has 2 rings (SSSR count). The Hall–Kier alpha value is -0.850. The van der Waals surface area contributed by atoms with Crippen molar-refractivity contribution in [2.45, 2.75) is 50.6 Å². The molecule has 1 aromatic rings. The monoisotopic (exact) mass is 306 g/mol. The smallest absolute Gasteiger partial charge is 0.0638 e. The molecule has 0 aromatic heterocycles. The fourth-order valence-electron chi connectivity index (χ4n) is 2.53. The fraction of sp³-hybridized carbons (Fsp3) is 0.533. The van der Waals surface area contributed by atoms with Gasteiger partial charge in [-0.25, -0.2) is 0 Å². The highest BCUT2D eigenvalue weighted by atomic mass is 79.9. The summed E-state index contributed by atoms with van der Waals surface area (Å²) in [5, 5.41) is 12.3. The molecule has 1 aliphatic rings. The van der Waals surface area contributed by atoms with E-state index in [4.69, 9.17) is 5.26 Å². The van der Waals surface area contributed by atoms with Crippen LogP contribution in [-0.4, -0.2) is 12.1 Å². The van der Waals surface area contributed by atoms with Gasteiger partial charge in [0.2, 0.25) is 0 Å². The Balaban J connectivity index is 1.80. The van der Waals surface area contributed by atoms with E-state index < -0.39 is 0 Å². The van der Waals surface area contributed by atoms with E-state index in [0.29, 0.717) is 24.4 Å². The second-order valence-electron chi connectivity index (χ2n) is 5.05. The van der Waals surface area contributed by atoms with Crippen molar-refractivity contribution in [1.82, 2.24) is 5.32 Å². The van der Waals surface area contributed by atoms with Crippen molar-refractivity contribution >= 4 is 15.9 Å². The molecule has 0 aliphatic heterocycles. The normalized spacial score (nSPS) is 24.1. The van der Waals surface area contributed by atoms with E-state index in [9.17, 15) is 0 Å². The second kappa shape index (κ2) is 6.36. The highest BCUT2D eigenvalue weighted by molar-refractivity contribution is 9.10. The van der Waals surface area contributed by atoms with Gasteiger partial charge in [0.25, 0.3) is 0 Å². The molecule has 0 spiro atoms. The third-order valence-electron chi connectivity index (χ3n) is 3.78. The molecule has 1 unspecified atom stereocenters. The van der Waals surface area contributed by atoms with Crippen molar-refractivity contribution in [2.75, 3.05) is 0 Å². The van der Waals surface area contributed by atoms with Crippen LogP contribution in [0.3, 0.4) is 0 Å². The maximum Gasteiger partial charge on any atom is 0.0638 e. The topological polar surface area (TPSA) is 35.8 Å². The van der Waals surface area contributed by atoms with Crippen LogP contribution in [0, 0.1) is 11.3 Å². The van der Waals surface area contributed by atoms with Crippen LogP contribution in [0.1, 0.15) is 44.1 Å². The van der Waals surface area contributed by atoms with Crippen LogP contribution in [0.5, 0.6) is 0 Å². The van der Waals surface area contributed by atoms with E-state index in [2.05, 4.69) is 58.5 Å². The molecular formula is C15H19BrN2. The quantitative estimate of drug-likeness (QED) is 0.893. The lowest BCUT2D eigenvalue weighted by Crippen LogP contribution is -2.45. The van der Waals surface area contributed by atoms with Crippen molar-refractivity contribution < 1.29 is 0 Å². The number of nitrogens with zero attached hydrogens (tertiary/aromatic N) is 1. The predicted molar refractivity (Wildman–Crippen MR) is 77.3 cm³/mol. The summed E-state index contributed by atoms with van der Waals surface area (Å²) in [5.41, 5.74) is 1.43. The fourth-order valence-corrected chi connectivity index (χ4v) is 2.79. The van der Waals surface area contributed by atoms with Gasteiger partial charge in [-0.2, -0.15) is 5.26 Å². The zero-order valence-corrected chi connectivity index (χ0v) is 12.3. The van der Waals surface area contributed by atoms with Crippen molar-refractivity contribution in [3.63, 3.8) is 0 Å². The first kappa shape index (κ1) is 13.6. The van der Waals surface area contributed by atoms with Gasteiger partial charge in [-0.3, -0.25) is 0 Å². The first-order valence-corrected chi connectivity index (χ1v) is 7.40. The van der Waals surface area contributed by atoms with Gasteiger partial charge in [0.1, 0.15) is 0 Å². The maximum atomic E-state index is 8.73. The van der Waals surface area contributed by atoms with Crippen molar-refractivity contribution in [2.24, 2.45) is 0 Å². The van der Waals surface area contributed by atoms with Gasteiger partial charge in [0, 0.05) is 16.6 Å². The first-order chi connectivity index (χ1) is 8.72. The van der Waals surface area contributed by atoms with Gasteiger partial charge in [0.15, 0.2) is 0 Å². The molecule has 1 atom stereocenters. The van der Waals surface area contributed by atoms with E-state index in [1.54, 1.807) is 0 Å². The third kappa shape index (κ3) is 3.34. The largest absolute Gasteiger partial charge is 0.310 e. The van der Waals surface area contributed by atoms with Gasteiger partial charge in [-0.1, -0.05) is 35.0 Å². The predicted octanol–water partition coefficient (Wildman–Crippen LogP) is 3.98. The lowest BCUT2D eigenvalue weighted by molar-refractivity contribution is 0.262. The Morgan fingerprint density at radius 1 is 1.39 bits per heavy atom. The molecule has 0 radical (unpaired) electrons. The highest BCUT2D eigenvalue weighted by Crippen LogP contribution is 2.37. The lowest BCUT2D eigenvalue weighted by atomic mass is 9.75. The third-order valence-corrected chi connectivity index (χ3v) is 4.31. The first-order valence-electron chi connectivity index (χ1n) is 6.61. The van der Waals surface area contributed by atoms with Crippen LogP contribution in [0.15, 0.2) is 28.7 Å². The van der Waals surface area contributed by atoms with Gasteiger partial charge >= 0.3 is 0 Å². The van der Waals surface area contributed by atoms with Crippen LogP contribution < -0.4 is 5.32 Å². The molecule has 1 aliphatic carbocycles. The number of hydrogen-bond acceptors (Lipinski definition) is 2. The SMILES string of the molecule is CCC(CC#N)NC1CC(c2ccc(Br)cc2)C1. The van der Waals surface area contributed by atoms with Crippen LogP contribution in [0.2, 0.25) is 0 Å². The van der Waals surface area contributed by atoms with Crippen molar-refractivity contribution in [1.29, 1.82) is 5.26 Å². The van der Waals surface area contributed by atoms with Crippen LogP contribution >= 0.6 is 15.9 Å². The van der Waals surface area contributed by atoms with Crippen LogP contribution in [0.4, 0.5) is 0 Å². The zero-order chi connectivity index (χ0) is 13.0. The average Bonchev–Trinajstić information content (AvgIpc) is 2.33. The van der Waals surface area contributed by atoms with Gasteiger partial charge in [0.05, 0.1) is 12.5 Å². The van der Waals surface area contributed by atoms with Crippen molar-refractivity contribution in [3.8, 4) is 6.07 Å². The molecule has 18 heavy (non-hydrogen) atoms. The standard InChI is InChI=1S/C15H19BrN2/c1-2-14(7-8-17)18-15-9-12(10-15)11-3-5-13(16)6-4-11/h3-6,12,14-15,18H,2,7,9-10H2,1H3. The van der Waals surface area contributed by atoms with Gasteiger partial charge in [-0.05, 0) is 42.9 Å². The summed E-state index contributed by atoms with van der Waals surface area (Å²) in [6.45, 7) is 2.14. The van der Waals surface area contributed by atoms with Gasteiger partial charge in [-0.15, -0.1) is 0 Å². The Morgan fingerprint density at radius 2 is 2.06 bits per heavy atom. The molecule has 0 heterocycles. The Bertz CT molecular complexity index is 415. The minimum atomic E-state index is 0.367. The average molecular weight is 307 g/mol. The number of nitrogens with one attached hydrogen (secondary N) is 1. The number of nitriles is 1. The molecule has 2 nitrogen and oxygen atoms in total. The number of rotatable bonds is 5. The summed E-state index contributed by atoms with van der Waals surface area (Å²) in [6, 6.07) is 11.8. The molecule has 1 saturated carbocycles. The molecule has 3 heteroatoms. The van der Waals surface area contributed by atoms with E-state index in [1.165, 1.54) is 18.4 Å². The summed E-state index contributed by atoms with van der Waals surface area (Å²) in [5.74, 6) is 0.690. The highest BCUT2D eigenvalue weighted by Gasteiger charge is 2.31. The molecule has 1 fully saturated rings. The zero-order valence-electron chi connectivity index (χ0n) is 10.7. The summed E-state index contributed by atoms with van der Waals surface area (Å²) in [7, 11) is 0. The minimum Gasteiger partial charge on any atom is -0.310 e. The Labute approximate surface area is 118 Å². The molecule has 1 N–H and O–H groups in total. The molecule has 0 amide bonds. The Kier molecular flexibility index (Phi) is 4.79. The molecular weight excluding hydrogens is 288 g/mol. The summed E-state index contributed by atoms with van der Waals surface area (Å²) in [6.07, 6.45) is 4.05. The lowest BCUT2D eigenvalue weighted by Gasteiger charge is -2.38. The second-order valence-corrected chi connectivity index (χ2v) is 5.97. The van der Waals surface area contributed by atoms with E-state index in [-0.39, 0.29) is 0 Å². The summed E-state index contributed by atoms with van der Waals surface area (Å²) < 4.78 is 1.14. The molecule has 1 aromatic carbocycles. The van der Waals surface area contributed by atoms with Gasteiger partial charge < -0.3 is 5.32 Å². The minimum absolute atomic E-state index is 0.367. The number of hydrogen-bond donors (Lipinski definition) is 1. The van der Waals surface area contributed by atoms with Crippen molar-refractivity contribution in [3.05, 3.63) is 34.3 Å². The van der Waals surface area contributed by atoms with E-state index in [0.717, 1.165) is 10.9 Å². The number of benzene rings is 1. The maximum absolute atomic E-state index is 8.73. The van der Waals surface area contributed by atoms with Crippen LogP contribution in [0.25, 0.3) is 0 Å². The van der Waals surface area contributed by atoms with Crippen LogP contribution in [-0.2, 0) is 0 Å². The summed E-state index contributed by atoms with van der Waals surface area (Å²) >= 11 is 3.46. The Morgan fingerprint density at radius 3 is 2.61 bits per heavy atom. The number of halogens is 1. The molecule has 96 valence electrons. The van der Waals surface area contributed by atoms with E-state index in [1.807, 2.05) is 0 Å².